The van der Waals surface area contributed by atoms with Gasteiger partial charge in [0.05, 0.1) is 16.8 Å². The van der Waals surface area contributed by atoms with Crippen molar-refractivity contribution >= 4 is 45.8 Å². The third kappa shape index (κ3) is 7.13. The summed E-state index contributed by atoms with van der Waals surface area (Å²) in [7, 11) is 0. The van der Waals surface area contributed by atoms with Crippen LogP contribution in [-0.4, -0.2) is 54.2 Å². The minimum atomic E-state index is -0.604. The maximum atomic E-state index is 12.9. The highest BCUT2D eigenvalue weighted by Crippen LogP contribution is 2.29. The van der Waals surface area contributed by atoms with Gasteiger partial charge in [-0.05, 0) is 61.2 Å². The van der Waals surface area contributed by atoms with Gasteiger partial charge in [-0.2, -0.15) is 0 Å². The lowest BCUT2D eigenvalue weighted by Gasteiger charge is -2.31. The molecule has 0 aliphatic carbocycles. The summed E-state index contributed by atoms with van der Waals surface area (Å²) < 4.78 is 10.9. The number of nitrogens with one attached hydrogen (secondary N) is 1. The van der Waals surface area contributed by atoms with E-state index in [1.807, 2.05) is 24.3 Å². The molecule has 0 bridgehead atoms. The first-order valence-electron chi connectivity index (χ1n) is 13.1. The lowest BCUT2D eigenvalue weighted by atomic mass is 10.1. The molecule has 2 heterocycles. The Bertz CT molecular complexity index is 1440. The Balaban J connectivity index is 1.11. The Morgan fingerprint density at radius 1 is 0.949 bits per heavy atom. The molecule has 1 aliphatic heterocycles. The second-order valence-electron chi connectivity index (χ2n) is 9.53. The molecule has 4 aromatic rings. The number of esters is 2. The lowest BCUT2D eigenvalue weighted by molar-refractivity contribution is -0.154. The summed E-state index contributed by atoms with van der Waals surface area (Å²) in [5.74, 6) is -1.14. The second kappa shape index (κ2) is 12.7. The van der Waals surface area contributed by atoms with E-state index in [4.69, 9.17) is 21.1 Å². The zero-order valence-corrected chi connectivity index (χ0v) is 22.3. The number of nitrogens with zero attached hydrogens (tertiary/aromatic N) is 2. The average molecular weight is 544 g/mol. The number of anilines is 2. The van der Waals surface area contributed by atoms with Gasteiger partial charge in [0.1, 0.15) is 6.10 Å². The van der Waals surface area contributed by atoms with Crippen LogP contribution >= 0.6 is 11.6 Å². The standard InChI is InChI=1S/C31H30ClN3O4/c32-23-10-11-25-28(12-16-33-29(25)20-23)34-27-9-5-4-8-26(27)31(37)38-21-30(36)39-24-14-18-35(19-15-24)17-13-22-6-2-1-3-7-22/h1-12,16,20,24H,13-15,17-19,21H2,(H,33,34). The molecular formula is C31H30ClN3O4. The van der Waals surface area contributed by atoms with Crippen molar-refractivity contribution in [3.8, 4) is 0 Å². The number of likely N-dealkylation sites (tertiary alicyclic amines) is 1. The molecule has 200 valence electrons. The SMILES string of the molecule is O=C(COC(=O)c1ccccc1Nc1ccnc2cc(Cl)ccc12)OC1CCN(CCc2ccccc2)CC1. The van der Waals surface area contributed by atoms with E-state index in [9.17, 15) is 9.59 Å². The molecular weight excluding hydrogens is 514 g/mol. The van der Waals surface area contributed by atoms with Crippen LogP contribution in [0.15, 0.2) is 85.1 Å². The van der Waals surface area contributed by atoms with Gasteiger partial charge >= 0.3 is 11.9 Å². The fraction of sp³-hybridized carbons (Fsp3) is 0.258. The van der Waals surface area contributed by atoms with Gasteiger partial charge < -0.3 is 19.7 Å². The Kier molecular flexibility index (Phi) is 8.71. The average Bonchev–Trinajstić information content (AvgIpc) is 2.96. The monoisotopic (exact) mass is 543 g/mol. The maximum absolute atomic E-state index is 12.9. The number of hydrogen-bond acceptors (Lipinski definition) is 7. The van der Waals surface area contributed by atoms with E-state index in [0.29, 0.717) is 16.3 Å². The van der Waals surface area contributed by atoms with Crippen molar-refractivity contribution in [2.24, 2.45) is 0 Å². The third-order valence-corrected chi connectivity index (χ3v) is 7.07. The predicted molar refractivity (Wildman–Crippen MR) is 152 cm³/mol. The summed E-state index contributed by atoms with van der Waals surface area (Å²) in [5.41, 5.74) is 3.70. The van der Waals surface area contributed by atoms with Crippen LogP contribution in [0.3, 0.4) is 0 Å². The summed E-state index contributed by atoms with van der Waals surface area (Å²) in [5, 5.41) is 4.74. The van der Waals surface area contributed by atoms with E-state index in [1.165, 1.54) is 5.56 Å². The highest BCUT2D eigenvalue weighted by atomic mass is 35.5. The first-order valence-corrected chi connectivity index (χ1v) is 13.5. The van der Waals surface area contributed by atoms with Crippen LogP contribution in [0.5, 0.6) is 0 Å². The van der Waals surface area contributed by atoms with E-state index in [0.717, 1.165) is 55.5 Å². The highest BCUT2D eigenvalue weighted by Gasteiger charge is 2.23. The van der Waals surface area contributed by atoms with Crippen LogP contribution in [0.4, 0.5) is 11.4 Å². The first kappa shape index (κ1) is 26.7. The molecule has 7 nitrogen and oxygen atoms in total. The number of piperidine rings is 1. The quantitative estimate of drug-likeness (QED) is 0.258. The van der Waals surface area contributed by atoms with Crippen LogP contribution in [0.25, 0.3) is 10.9 Å². The number of para-hydroxylation sites is 1. The van der Waals surface area contributed by atoms with Crippen LogP contribution in [0, 0.1) is 0 Å². The number of carbonyl (C=O) groups excluding carboxylic acids is 2. The summed E-state index contributed by atoms with van der Waals surface area (Å²) in [6.45, 7) is 2.30. The van der Waals surface area contributed by atoms with Crippen molar-refractivity contribution in [1.29, 1.82) is 0 Å². The molecule has 1 aliphatic rings. The van der Waals surface area contributed by atoms with Crippen molar-refractivity contribution in [3.05, 3.63) is 101 Å². The van der Waals surface area contributed by atoms with Gasteiger partial charge in [-0.25, -0.2) is 9.59 Å². The van der Waals surface area contributed by atoms with Crippen molar-refractivity contribution < 1.29 is 19.1 Å². The number of hydrogen-bond donors (Lipinski definition) is 1. The van der Waals surface area contributed by atoms with Gasteiger partial charge in [0, 0.05) is 41.9 Å². The third-order valence-electron chi connectivity index (χ3n) is 6.83. The molecule has 0 saturated carbocycles. The number of fused-ring (bicyclic) bond motifs is 1. The summed E-state index contributed by atoms with van der Waals surface area (Å²) >= 11 is 6.10. The van der Waals surface area contributed by atoms with Gasteiger partial charge in [0.25, 0.3) is 0 Å². The second-order valence-corrected chi connectivity index (χ2v) is 9.97. The number of aromatic nitrogens is 1. The fourth-order valence-electron chi connectivity index (χ4n) is 4.75. The minimum absolute atomic E-state index is 0.161. The van der Waals surface area contributed by atoms with Crippen LogP contribution in [0.2, 0.25) is 5.02 Å². The minimum Gasteiger partial charge on any atom is -0.460 e. The van der Waals surface area contributed by atoms with Gasteiger partial charge in [-0.3, -0.25) is 4.98 Å². The topological polar surface area (TPSA) is 80.8 Å². The molecule has 0 amide bonds. The predicted octanol–water partition coefficient (Wildman–Crippen LogP) is 6.04. The zero-order chi connectivity index (χ0) is 27.0. The number of ether oxygens (including phenoxy) is 2. The van der Waals surface area contributed by atoms with Crippen molar-refractivity contribution in [3.63, 3.8) is 0 Å². The largest absolute Gasteiger partial charge is 0.460 e. The highest BCUT2D eigenvalue weighted by molar-refractivity contribution is 6.31. The van der Waals surface area contributed by atoms with Crippen LogP contribution in [-0.2, 0) is 20.7 Å². The van der Waals surface area contributed by atoms with E-state index in [-0.39, 0.29) is 6.10 Å². The normalized spacial score (nSPS) is 14.2. The molecule has 8 heteroatoms. The zero-order valence-electron chi connectivity index (χ0n) is 21.5. The van der Waals surface area contributed by atoms with Crippen molar-refractivity contribution in [2.45, 2.75) is 25.4 Å². The van der Waals surface area contributed by atoms with Crippen LogP contribution < -0.4 is 5.32 Å². The van der Waals surface area contributed by atoms with E-state index < -0.39 is 18.5 Å². The molecule has 3 aromatic carbocycles. The number of halogens is 1. The Morgan fingerprint density at radius 3 is 2.54 bits per heavy atom. The van der Waals surface area contributed by atoms with E-state index in [2.05, 4.69) is 39.5 Å². The summed E-state index contributed by atoms with van der Waals surface area (Å²) in [4.78, 5) is 32.1. The van der Waals surface area contributed by atoms with Gasteiger partial charge in [-0.1, -0.05) is 54.1 Å². The number of rotatable bonds is 9. The molecule has 5 rings (SSSR count). The molecule has 1 N–H and O–H groups in total. The Labute approximate surface area is 232 Å². The summed E-state index contributed by atoms with van der Waals surface area (Å²) in [6, 6.07) is 24.7. The fourth-order valence-corrected chi connectivity index (χ4v) is 4.92. The van der Waals surface area contributed by atoms with Gasteiger partial charge in [0.2, 0.25) is 0 Å². The van der Waals surface area contributed by atoms with E-state index in [1.54, 1.807) is 36.5 Å². The van der Waals surface area contributed by atoms with E-state index >= 15 is 0 Å². The maximum Gasteiger partial charge on any atom is 0.344 e. The molecule has 0 radical (unpaired) electrons. The molecule has 0 unspecified atom stereocenters. The van der Waals surface area contributed by atoms with Gasteiger partial charge in [-0.15, -0.1) is 0 Å². The molecule has 0 spiro atoms. The lowest BCUT2D eigenvalue weighted by Crippen LogP contribution is -2.39. The molecule has 1 aromatic heterocycles. The summed E-state index contributed by atoms with van der Waals surface area (Å²) in [6.07, 6.45) is 4.06. The molecule has 39 heavy (non-hydrogen) atoms. The molecule has 1 saturated heterocycles. The van der Waals surface area contributed by atoms with Gasteiger partial charge in [0.15, 0.2) is 6.61 Å². The smallest absolute Gasteiger partial charge is 0.344 e. The Morgan fingerprint density at radius 2 is 1.72 bits per heavy atom. The van der Waals surface area contributed by atoms with Crippen molar-refractivity contribution in [1.82, 2.24) is 9.88 Å². The van der Waals surface area contributed by atoms with Crippen molar-refractivity contribution in [2.75, 3.05) is 31.6 Å². The number of carbonyl (C=O) groups is 2. The Hall–Kier alpha value is -3.94. The first-order chi connectivity index (χ1) is 19.0. The van der Waals surface area contributed by atoms with Crippen LogP contribution in [0.1, 0.15) is 28.8 Å². The molecule has 1 fully saturated rings. The molecule has 0 atom stereocenters. The number of pyridine rings is 1. The number of benzene rings is 3.